The zero-order valence-electron chi connectivity index (χ0n) is 12.4. The van der Waals surface area contributed by atoms with Crippen LogP contribution < -0.4 is 5.32 Å². The van der Waals surface area contributed by atoms with Gasteiger partial charge in [0.2, 0.25) is 0 Å². The second-order valence-electron chi connectivity index (χ2n) is 4.68. The molecule has 0 bridgehead atoms. The normalized spacial score (nSPS) is 11.0. The Bertz CT molecular complexity index is 727. The number of fused-ring (bicyclic) bond motifs is 1. The summed E-state index contributed by atoms with van der Waals surface area (Å²) in [5.41, 5.74) is 0.737. The standard InChI is InChI=1S/C15H18N6O/c1-2-22-9-5-8-17-14-12-10-20-21(15(12)19-11-18-14)13-6-3-4-7-16-13/h3-4,6-7,10-11H,2,5,8-9H2,1H3,(H,17,18,19). The van der Waals surface area contributed by atoms with Gasteiger partial charge in [0, 0.05) is 26.0 Å². The van der Waals surface area contributed by atoms with Crippen LogP contribution in [0, 0.1) is 0 Å². The van der Waals surface area contributed by atoms with Crippen LogP contribution in [-0.4, -0.2) is 44.5 Å². The molecule has 7 nitrogen and oxygen atoms in total. The average molecular weight is 298 g/mol. The molecule has 0 fully saturated rings. The highest BCUT2D eigenvalue weighted by molar-refractivity contribution is 5.86. The van der Waals surface area contributed by atoms with Crippen molar-refractivity contribution in [2.24, 2.45) is 0 Å². The van der Waals surface area contributed by atoms with Crippen molar-refractivity contribution in [3.63, 3.8) is 0 Å². The smallest absolute Gasteiger partial charge is 0.170 e. The highest BCUT2D eigenvalue weighted by atomic mass is 16.5. The Morgan fingerprint density at radius 3 is 3.00 bits per heavy atom. The first-order chi connectivity index (χ1) is 10.9. The first kappa shape index (κ1) is 14.4. The monoisotopic (exact) mass is 298 g/mol. The van der Waals surface area contributed by atoms with Crippen LogP contribution in [0.2, 0.25) is 0 Å². The molecule has 22 heavy (non-hydrogen) atoms. The molecule has 3 rings (SSSR count). The van der Waals surface area contributed by atoms with Gasteiger partial charge < -0.3 is 10.1 Å². The van der Waals surface area contributed by atoms with E-state index in [0.717, 1.165) is 48.8 Å². The van der Waals surface area contributed by atoms with Crippen molar-refractivity contribution in [1.82, 2.24) is 24.7 Å². The molecular formula is C15H18N6O. The van der Waals surface area contributed by atoms with Crippen LogP contribution in [0.3, 0.4) is 0 Å². The van der Waals surface area contributed by atoms with Crippen LogP contribution in [-0.2, 0) is 4.74 Å². The molecule has 114 valence electrons. The maximum atomic E-state index is 5.32. The predicted molar refractivity (Wildman–Crippen MR) is 84.1 cm³/mol. The van der Waals surface area contributed by atoms with E-state index in [1.165, 1.54) is 6.33 Å². The van der Waals surface area contributed by atoms with Crippen molar-refractivity contribution in [2.75, 3.05) is 25.1 Å². The van der Waals surface area contributed by atoms with E-state index in [4.69, 9.17) is 4.74 Å². The molecule has 0 atom stereocenters. The summed E-state index contributed by atoms with van der Waals surface area (Å²) >= 11 is 0. The molecule has 0 aliphatic heterocycles. The first-order valence-electron chi connectivity index (χ1n) is 7.32. The summed E-state index contributed by atoms with van der Waals surface area (Å²) in [7, 11) is 0. The number of hydrogen-bond acceptors (Lipinski definition) is 6. The number of nitrogens with one attached hydrogen (secondary N) is 1. The summed E-state index contributed by atoms with van der Waals surface area (Å²) in [6.07, 6.45) is 5.95. The minimum absolute atomic E-state index is 0.735. The predicted octanol–water partition coefficient (Wildman–Crippen LogP) is 2.05. The number of aromatic nitrogens is 5. The molecule has 0 spiro atoms. The molecule has 3 aromatic heterocycles. The van der Waals surface area contributed by atoms with Gasteiger partial charge >= 0.3 is 0 Å². The van der Waals surface area contributed by atoms with Gasteiger partial charge in [0.25, 0.3) is 0 Å². The van der Waals surface area contributed by atoms with E-state index in [-0.39, 0.29) is 0 Å². The van der Waals surface area contributed by atoms with Gasteiger partial charge in [-0.05, 0) is 25.5 Å². The molecule has 0 aliphatic rings. The number of pyridine rings is 1. The maximum absolute atomic E-state index is 5.32. The second-order valence-corrected chi connectivity index (χ2v) is 4.68. The molecular weight excluding hydrogens is 280 g/mol. The zero-order chi connectivity index (χ0) is 15.2. The van der Waals surface area contributed by atoms with Gasteiger partial charge in [0.15, 0.2) is 11.5 Å². The lowest BCUT2D eigenvalue weighted by atomic mass is 10.3. The molecule has 0 radical (unpaired) electrons. The largest absolute Gasteiger partial charge is 0.382 e. The quantitative estimate of drug-likeness (QED) is 0.673. The first-order valence-corrected chi connectivity index (χ1v) is 7.32. The third-order valence-corrected chi connectivity index (χ3v) is 3.19. The second kappa shape index (κ2) is 6.95. The number of ether oxygens (including phenoxy) is 1. The van der Waals surface area contributed by atoms with E-state index in [1.807, 2.05) is 25.1 Å². The van der Waals surface area contributed by atoms with Crippen molar-refractivity contribution in [3.05, 3.63) is 36.9 Å². The molecule has 0 aliphatic carbocycles. The van der Waals surface area contributed by atoms with E-state index in [1.54, 1.807) is 17.1 Å². The number of rotatable bonds is 7. The molecule has 0 saturated carbocycles. The summed E-state index contributed by atoms with van der Waals surface area (Å²) < 4.78 is 7.03. The van der Waals surface area contributed by atoms with Gasteiger partial charge in [-0.3, -0.25) is 0 Å². The van der Waals surface area contributed by atoms with E-state index in [0.29, 0.717) is 0 Å². The molecule has 0 saturated heterocycles. The minimum Gasteiger partial charge on any atom is -0.382 e. The third-order valence-electron chi connectivity index (χ3n) is 3.19. The van der Waals surface area contributed by atoms with Crippen molar-refractivity contribution in [2.45, 2.75) is 13.3 Å². The molecule has 0 amide bonds. The highest BCUT2D eigenvalue weighted by Gasteiger charge is 2.11. The zero-order valence-corrected chi connectivity index (χ0v) is 12.4. The van der Waals surface area contributed by atoms with E-state index < -0.39 is 0 Å². The van der Waals surface area contributed by atoms with Gasteiger partial charge in [0.05, 0.1) is 11.6 Å². The van der Waals surface area contributed by atoms with Gasteiger partial charge in [0.1, 0.15) is 12.1 Å². The summed E-state index contributed by atoms with van der Waals surface area (Å²) in [6.45, 7) is 4.27. The lowest BCUT2D eigenvalue weighted by molar-refractivity contribution is 0.147. The fraction of sp³-hybridized carbons (Fsp3) is 0.333. The van der Waals surface area contributed by atoms with E-state index in [9.17, 15) is 0 Å². The van der Waals surface area contributed by atoms with Crippen molar-refractivity contribution >= 4 is 16.9 Å². The summed E-state index contributed by atoms with van der Waals surface area (Å²) in [5, 5.41) is 8.56. The van der Waals surface area contributed by atoms with Crippen LogP contribution in [0.5, 0.6) is 0 Å². The van der Waals surface area contributed by atoms with E-state index in [2.05, 4.69) is 25.4 Å². The van der Waals surface area contributed by atoms with Gasteiger partial charge in [-0.15, -0.1) is 0 Å². The van der Waals surface area contributed by atoms with E-state index >= 15 is 0 Å². The third kappa shape index (κ3) is 3.04. The van der Waals surface area contributed by atoms with Crippen LogP contribution in [0.4, 0.5) is 5.82 Å². The number of hydrogen-bond donors (Lipinski definition) is 1. The Kier molecular flexibility index (Phi) is 4.55. The van der Waals surface area contributed by atoms with Crippen LogP contribution in [0.1, 0.15) is 13.3 Å². The van der Waals surface area contributed by atoms with Crippen LogP contribution >= 0.6 is 0 Å². The van der Waals surface area contributed by atoms with Gasteiger partial charge in [-0.2, -0.15) is 9.78 Å². The van der Waals surface area contributed by atoms with Crippen molar-refractivity contribution < 1.29 is 4.74 Å². The summed E-state index contributed by atoms with van der Waals surface area (Å²) in [6, 6.07) is 5.68. The molecule has 7 heteroatoms. The van der Waals surface area contributed by atoms with Crippen LogP contribution in [0.15, 0.2) is 36.9 Å². The van der Waals surface area contributed by atoms with Crippen molar-refractivity contribution in [1.29, 1.82) is 0 Å². The highest BCUT2D eigenvalue weighted by Crippen LogP contribution is 2.20. The van der Waals surface area contributed by atoms with Crippen LogP contribution in [0.25, 0.3) is 16.9 Å². The average Bonchev–Trinajstić information content (AvgIpc) is 3.00. The summed E-state index contributed by atoms with van der Waals surface area (Å²) in [5.74, 6) is 1.52. The SMILES string of the molecule is CCOCCCNc1ncnc2c1cnn2-c1ccccn1. The fourth-order valence-corrected chi connectivity index (χ4v) is 2.16. The Labute approximate surface area is 128 Å². The fourth-order valence-electron chi connectivity index (χ4n) is 2.16. The number of nitrogens with zero attached hydrogens (tertiary/aromatic N) is 5. The van der Waals surface area contributed by atoms with Crippen molar-refractivity contribution in [3.8, 4) is 5.82 Å². The molecule has 3 heterocycles. The van der Waals surface area contributed by atoms with Gasteiger partial charge in [-0.1, -0.05) is 6.07 Å². The Hall–Kier alpha value is -2.54. The Balaban J connectivity index is 1.80. The Morgan fingerprint density at radius 1 is 1.23 bits per heavy atom. The molecule has 3 aromatic rings. The topological polar surface area (TPSA) is 77.8 Å². The lowest BCUT2D eigenvalue weighted by Crippen LogP contribution is -2.07. The van der Waals surface area contributed by atoms with Gasteiger partial charge in [-0.25, -0.2) is 15.0 Å². The molecule has 1 N–H and O–H groups in total. The maximum Gasteiger partial charge on any atom is 0.170 e. The summed E-state index contributed by atoms with van der Waals surface area (Å²) in [4.78, 5) is 12.9. The number of anilines is 1. The minimum atomic E-state index is 0.735. The molecule has 0 aromatic carbocycles. The molecule has 0 unspecified atom stereocenters. The lowest BCUT2D eigenvalue weighted by Gasteiger charge is -2.06. The Morgan fingerprint density at radius 2 is 2.18 bits per heavy atom.